The highest BCUT2D eigenvalue weighted by molar-refractivity contribution is 6.31. The Hall–Kier alpha value is -2.72. The first kappa shape index (κ1) is 18.1. The molecule has 0 saturated heterocycles. The Bertz CT molecular complexity index is 867. The van der Waals surface area contributed by atoms with Gasteiger partial charge in [-0.1, -0.05) is 29.8 Å². The lowest BCUT2D eigenvalue weighted by Gasteiger charge is -2.18. The maximum absolute atomic E-state index is 12.7. The number of pyridine rings is 2. The van der Waals surface area contributed by atoms with Crippen molar-refractivity contribution in [3.05, 3.63) is 89.0 Å². The Morgan fingerprint density at radius 3 is 2.54 bits per heavy atom. The predicted octanol–water partition coefficient (Wildman–Crippen LogP) is 4.47. The SMILES string of the molecule is COc1ccc([C@H](CC(=O)Cc2cccnc2)c2ncccc2Cl)cc1. The van der Waals surface area contributed by atoms with Crippen LogP contribution in [0.15, 0.2) is 67.1 Å². The minimum atomic E-state index is -0.209. The molecule has 0 saturated carbocycles. The molecule has 0 fully saturated rings. The lowest BCUT2D eigenvalue weighted by molar-refractivity contribution is -0.118. The first-order valence-corrected chi connectivity index (χ1v) is 8.70. The van der Waals surface area contributed by atoms with Crippen LogP contribution in [0.25, 0.3) is 0 Å². The van der Waals surface area contributed by atoms with E-state index < -0.39 is 0 Å². The molecule has 1 atom stereocenters. The quantitative estimate of drug-likeness (QED) is 0.619. The topological polar surface area (TPSA) is 52.1 Å². The number of hydrogen-bond donors (Lipinski definition) is 0. The summed E-state index contributed by atoms with van der Waals surface area (Å²) < 4.78 is 5.22. The fourth-order valence-electron chi connectivity index (χ4n) is 2.89. The van der Waals surface area contributed by atoms with E-state index in [1.54, 1.807) is 37.8 Å². The summed E-state index contributed by atoms with van der Waals surface area (Å²) in [6, 6.07) is 15.0. The van der Waals surface area contributed by atoms with Gasteiger partial charge in [0, 0.05) is 37.4 Å². The summed E-state index contributed by atoms with van der Waals surface area (Å²) in [5.41, 5.74) is 2.59. The van der Waals surface area contributed by atoms with Crippen molar-refractivity contribution in [3.8, 4) is 5.75 Å². The highest BCUT2D eigenvalue weighted by Gasteiger charge is 2.22. The molecule has 0 radical (unpaired) electrons. The second-order valence-electron chi connectivity index (χ2n) is 5.98. The summed E-state index contributed by atoms with van der Waals surface area (Å²) in [6.45, 7) is 0. The van der Waals surface area contributed by atoms with Gasteiger partial charge in [0.15, 0.2) is 0 Å². The molecule has 0 aliphatic carbocycles. The number of Topliss-reactive ketones (excluding diaryl/α,β-unsaturated/α-hetero) is 1. The van der Waals surface area contributed by atoms with Crippen LogP contribution in [-0.2, 0) is 11.2 Å². The zero-order chi connectivity index (χ0) is 18.4. The van der Waals surface area contributed by atoms with Gasteiger partial charge in [0.05, 0.1) is 17.8 Å². The molecule has 0 aliphatic heterocycles. The number of carbonyl (C=O) groups excluding carboxylic acids is 1. The zero-order valence-electron chi connectivity index (χ0n) is 14.4. The molecule has 2 heterocycles. The predicted molar refractivity (Wildman–Crippen MR) is 102 cm³/mol. The third-order valence-electron chi connectivity index (χ3n) is 4.19. The molecular formula is C21H19ClN2O2. The van der Waals surface area contributed by atoms with Crippen molar-refractivity contribution < 1.29 is 9.53 Å². The van der Waals surface area contributed by atoms with Crippen molar-refractivity contribution in [3.63, 3.8) is 0 Å². The largest absolute Gasteiger partial charge is 0.497 e. The van der Waals surface area contributed by atoms with Crippen LogP contribution in [0, 0.1) is 0 Å². The summed E-state index contributed by atoms with van der Waals surface area (Å²) in [5, 5.41) is 0.558. The Morgan fingerprint density at radius 1 is 1.12 bits per heavy atom. The van der Waals surface area contributed by atoms with E-state index in [0.29, 0.717) is 23.6 Å². The lowest BCUT2D eigenvalue weighted by atomic mass is 9.89. The van der Waals surface area contributed by atoms with Crippen molar-refractivity contribution in [2.75, 3.05) is 7.11 Å². The molecule has 4 nitrogen and oxygen atoms in total. The molecule has 2 aromatic heterocycles. The van der Waals surface area contributed by atoms with Gasteiger partial charge >= 0.3 is 0 Å². The number of hydrogen-bond acceptors (Lipinski definition) is 4. The maximum Gasteiger partial charge on any atom is 0.138 e. The number of halogens is 1. The molecule has 5 heteroatoms. The van der Waals surface area contributed by atoms with Crippen LogP contribution in [0.4, 0.5) is 0 Å². The molecule has 3 aromatic rings. The van der Waals surface area contributed by atoms with Gasteiger partial charge < -0.3 is 4.74 Å². The fraction of sp³-hybridized carbons (Fsp3) is 0.190. The second kappa shape index (κ2) is 8.59. The molecule has 0 aliphatic rings. The number of benzene rings is 1. The van der Waals surface area contributed by atoms with Crippen molar-refractivity contribution >= 4 is 17.4 Å². The van der Waals surface area contributed by atoms with E-state index in [4.69, 9.17) is 16.3 Å². The van der Waals surface area contributed by atoms with E-state index in [1.165, 1.54) is 0 Å². The van der Waals surface area contributed by atoms with Crippen molar-refractivity contribution in [2.24, 2.45) is 0 Å². The van der Waals surface area contributed by atoms with Gasteiger partial charge in [0.25, 0.3) is 0 Å². The number of nitrogens with zero attached hydrogens (tertiary/aromatic N) is 2. The molecule has 0 bridgehead atoms. The number of methoxy groups -OCH3 is 1. The first-order chi connectivity index (χ1) is 12.7. The summed E-state index contributed by atoms with van der Waals surface area (Å²) in [7, 11) is 1.62. The van der Waals surface area contributed by atoms with Crippen LogP contribution in [0.2, 0.25) is 5.02 Å². The third-order valence-corrected chi connectivity index (χ3v) is 4.51. The molecule has 0 amide bonds. The highest BCUT2D eigenvalue weighted by Crippen LogP contribution is 2.32. The summed E-state index contributed by atoms with van der Waals surface area (Å²) >= 11 is 6.36. The van der Waals surface area contributed by atoms with E-state index in [-0.39, 0.29) is 11.7 Å². The van der Waals surface area contributed by atoms with Crippen LogP contribution in [0.5, 0.6) is 5.75 Å². The molecule has 0 unspecified atom stereocenters. The van der Waals surface area contributed by atoms with Crippen LogP contribution in [0.1, 0.15) is 29.2 Å². The molecule has 132 valence electrons. The highest BCUT2D eigenvalue weighted by atomic mass is 35.5. The Kier molecular flexibility index (Phi) is 5.97. The number of rotatable bonds is 7. The van der Waals surface area contributed by atoms with Crippen LogP contribution in [-0.4, -0.2) is 22.9 Å². The molecule has 1 aromatic carbocycles. The van der Waals surface area contributed by atoms with Crippen LogP contribution < -0.4 is 4.74 Å². The van der Waals surface area contributed by atoms with Crippen LogP contribution in [0.3, 0.4) is 0 Å². The Morgan fingerprint density at radius 2 is 1.88 bits per heavy atom. The monoisotopic (exact) mass is 366 g/mol. The Balaban J connectivity index is 1.87. The first-order valence-electron chi connectivity index (χ1n) is 8.32. The third kappa shape index (κ3) is 4.46. The van der Waals surface area contributed by atoms with Gasteiger partial charge in [-0.2, -0.15) is 0 Å². The van der Waals surface area contributed by atoms with E-state index in [1.807, 2.05) is 36.4 Å². The van der Waals surface area contributed by atoms with Gasteiger partial charge in [0.1, 0.15) is 11.5 Å². The van der Waals surface area contributed by atoms with Crippen molar-refractivity contribution in [1.29, 1.82) is 0 Å². The summed E-state index contributed by atoms with van der Waals surface area (Å²) in [5.74, 6) is 0.667. The van der Waals surface area contributed by atoms with E-state index in [2.05, 4.69) is 9.97 Å². The van der Waals surface area contributed by atoms with Gasteiger partial charge in [-0.05, 0) is 41.5 Å². The zero-order valence-corrected chi connectivity index (χ0v) is 15.2. The van der Waals surface area contributed by atoms with Crippen molar-refractivity contribution in [2.45, 2.75) is 18.8 Å². The number of ketones is 1. The van der Waals surface area contributed by atoms with Gasteiger partial charge in [-0.25, -0.2) is 0 Å². The Labute approximate surface area is 157 Å². The van der Waals surface area contributed by atoms with E-state index >= 15 is 0 Å². The van der Waals surface area contributed by atoms with Gasteiger partial charge in [-0.15, -0.1) is 0 Å². The number of carbonyl (C=O) groups is 1. The second-order valence-corrected chi connectivity index (χ2v) is 6.38. The molecule has 0 N–H and O–H groups in total. The number of aromatic nitrogens is 2. The molecular weight excluding hydrogens is 348 g/mol. The molecule has 0 spiro atoms. The van der Waals surface area contributed by atoms with E-state index in [0.717, 1.165) is 16.9 Å². The maximum atomic E-state index is 12.7. The fourth-order valence-corrected chi connectivity index (χ4v) is 3.15. The van der Waals surface area contributed by atoms with Crippen LogP contribution >= 0.6 is 11.6 Å². The number of ether oxygens (including phenoxy) is 1. The average molecular weight is 367 g/mol. The van der Waals surface area contributed by atoms with Gasteiger partial charge in [-0.3, -0.25) is 14.8 Å². The minimum Gasteiger partial charge on any atom is -0.497 e. The molecule has 26 heavy (non-hydrogen) atoms. The smallest absolute Gasteiger partial charge is 0.138 e. The normalized spacial score (nSPS) is 11.8. The lowest BCUT2D eigenvalue weighted by Crippen LogP contribution is -2.12. The molecule has 3 rings (SSSR count). The summed E-state index contributed by atoms with van der Waals surface area (Å²) in [6.07, 6.45) is 5.77. The van der Waals surface area contributed by atoms with Crippen molar-refractivity contribution in [1.82, 2.24) is 9.97 Å². The minimum absolute atomic E-state index is 0.112. The van der Waals surface area contributed by atoms with E-state index in [9.17, 15) is 4.79 Å². The average Bonchev–Trinajstić information content (AvgIpc) is 2.68. The van der Waals surface area contributed by atoms with Gasteiger partial charge in [0.2, 0.25) is 0 Å². The summed E-state index contributed by atoms with van der Waals surface area (Å²) in [4.78, 5) is 21.2. The standard InChI is InChI=1S/C21H19ClN2O2/c1-26-18-8-6-16(7-9-18)19(21-20(22)5-3-11-24-21)13-17(25)12-15-4-2-10-23-14-15/h2-11,14,19H,12-13H2,1H3/t19-/m0/s1.